The summed E-state index contributed by atoms with van der Waals surface area (Å²) in [5.41, 5.74) is 1.37. The van der Waals surface area contributed by atoms with Gasteiger partial charge in [-0.15, -0.1) is 0 Å². The molecule has 0 bridgehead atoms. The van der Waals surface area contributed by atoms with E-state index in [4.69, 9.17) is 4.74 Å². The zero-order valence-corrected chi connectivity index (χ0v) is 17.5. The topological polar surface area (TPSA) is 84.0 Å². The fourth-order valence-corrected chi connectivity index (χ4v) is 4.13. The predicted molar refractivity (Wildman–Crippen MR) is 110 cm³/mol. The Morgan fingerprint density at radius 2 is 1.62 bits per heavy atom. The van der Waals surface area contributed by atoms with Crippen molar-refractivity contribution in [3.8, 4) is 5.75 Å². The number of ketones is 1. The SMILES string of the molecule is CC(=O)c1ccc(OC(=O)c2cc(S(=O)(=O)N(C)C)ccc2N2CCCC2)cc1. The van der Waals surface area contributed by atoms with E-state index >= 15 is 0 Å². The van der Waals surface area contributed by atoms with Crippen LogP contribution in [0.5, 0.6) is 5.75 Å². The summed E-state index contributed by atoms with van der Waals surface area (Å²) >= 11 is 0. The van der Waals surface area contributed by atoms with Gasteiger partial charge in [-0.2, -0.15) is 0 Å². The molecule has 2 aromatic carbocycles. The lowest BCUT2D eigenvalue weighted by molar-refractivity contribution is 0.0735. The van der Waals surface area contributed by atoms with Crippen molar-refractivity contribution in [2.24, 2.45) is 0 Å². The molecule has 0 spiro atoms. The molecule has 3 rings (SSSR count). The van der Waals surface area contributed by atoms with Crippen LogP contribution in [0, 0.1) is 0 Å². The standard InChI is InChI=1S/C21H24N2O5S/c1-15(24)16-6-8-17(9-7-16)28-21(25)19-14-18(29(26,27)22(2)3)10-11-20(19)23-12-4-5-13-23/h6-11,14H,4-5,12-13H2,1-3H3. The molecular formula is C21H24N2O5S. The summed E-state index contributed by atoms with van der Waals surface area (Å²) < 4.78 is 31.6. The first-order chi connectivity index (χ1) is 13.7. The van der Waals surface area contributed by atoms with Crippen LogP contribution in [0.15, 0.2) is 47.4 Å². The molecule has 0 aliphatic carbocycles. The number of benzene rings is 2. The molecule has 0 atom stereocenters. The van der Waals surface area contributed by atoms with Crippen LogP contribution < -0.4 is 9.64 Å². The van der Waals surface area contributed by atoms with Gasteiger partial charge in [-0.3, -0.25) is 4.79 Å². The molecule has 0 saturated carbocycles. The molecule has 0 amide bonds. The van der Waals surface area contributed by atoms with Crippen molar-refractivity contribution >= 4 is 27.5 Å². The molecule has 0 unspecified atom stereocenters. The number of ether oxygens (including phenoxy) is 1. The third-order valence-electron chi connectivity index (χ3n) is 4.88. The number of carbonyl (C=O) groups is 2. The number of hydrogen-bond acceptors (Lipinski definition) is 6. The zero-order valence-electron chi connectivity index (χ0n) is 16.7. The summed E-state index contributed by atoms with van der Waals surface area (Å²) in [7, 11) is -0.806. The lowest BCUT2D eigenvalue weighted by atomic mass is 10.1. The first kappa shape index (κ1) is 21.0. The molecule has 29 heavy (non-hydrogen) atoms. The van der Waals surface area contributed by atoms with Crippen LogP contribution in [0.2, 0.25) is 0 Å². The van der Waals surface area contributed by atoms with E-state index in [2.05, 4.69) is 4.90 Å². The van der Waals surface area contributed by atoms with Crippen molar-refractivity contribution in [2.45, 2.75) is 24.7 Å². The molecule has 0 aromatic heterocycles. The normalized spacial score (nSPS) is 14.3. The summed E-state index contributed by atoms with van der Waals surface area (Å²) in [5, 5.41) is 0. The Kier molecular flexibility index (Phi) is 6.04. The maximum atomic E-state index is 12.9. The van der Waals surface area contributed by atoms with Crippen LogP contribution in [0.25, 0.3) is 0 Å². The number of esters is 1. The minimum atomic E-state index is -3.69. The van der Waals surface area contributed by atoms with Gasteiger partial charge in [0.25, 0.3) is 0 Å². The van der Waals surface area contributed by atoms with Crippen molar-refractivity contribution in [3.63, 3.8) is 0 Å². The molecule has 1 fully saturated rings. The highest BCUT2D eigenvalue weighted by atomic mass is 32.2. The Balaban J connectivity index is 1.97. The molecule has 2 aromatic rings. The van der Waals surface area contributed by atoms with E-state index in [1.165, 1.54) is 33.2 Å². The molecule has 7 nitrogen and oxygen atoms in total. The van der Waals surface area contributed by atoms with E-state index in [9.17, 15) is 18.0 Å². The molecule has 0 radical (unpaired) electrons. The molecule has 0 N–H and O–H groups in total. The summed E-state index contributed by atoms with van der Waals surface area (Å²) in [6.07, 6.45) is 2.03. The highest BCUT2D eigenvalue weighted by Gasteiger charge is 2.25. The fourth-order valence-electron chi connectivity index (χ4n) is 3.20. The number of Topliss-reactive ketones (excluding diaryl/α,β-unsaturated/α-hetero) is 1. The van der Waals surface area contributed by atoms with Crippen molar-refractivity contribution in [1.29, 1.82) is 0 Å². The first-order valence-electron chi connectivity index (χ1n) is 9.35. The summed E-state index contributed by atoms with van der Waals surface area (Å²) in [6, 6.07) is 10.8. The lowest BCUT2D eigenvalue weighted by Gasteiger charge is -2.22. The quantitative estimate of drug-likeness (QED) is 0.409. The van der Waals surface area contributed by atoms with Crippen LogP contribution in [0.3, 0.4) is 0 Å². The fraction of sp³-hybridized carbons (Fsp3) is 0.333. The van der Waals surface area contributed by atoms with Crippen molar-refractivity contribution in [3.05, 3.63) is 53.6 Å². The minimum absolute atomic E-state index is 0.0318. The molecular weight excluding hydrogens is 392 g/mol. The largest absolute Gasteiger partial charge is 0.423 e. The summed E-state index contributed by atoms with van der Waals surface area (Å²) in [5.74, 6) is -0.438. The average Bonchev–Trinajstić information content (AvgIpc) is 3.22. The highest BCUT2D eigenvalue weighted by Crippen LogP contribution is 2.29. The first-order valence-corrected chi connectivity index (χ1v) is 10.8. The smallest absolute Gasteiger partial charge is 0.345 e. The van der Waals surface area contributed by atoms with Gasteiger partial charge in [-0.25, -0.2) is 17.5 Å². The second-order valence-electron chi connectivity index (χ2n) is 7.13. The third kappa shape index (κ3) is 4.49. The molecule has 1 saturated heterocycles. The van der Waals surface area contributed by atoms with Gasteiger partial charge in [-0.05, 0) is 62.2 Å². The van der Waals surface area contributed by atoms with E-state index in [-0.39, 0.29) is 22.0 Å². The monoisotopic (exact) mass is 416 g/mol. The van der Waals surface area contributed by atoms with Gasteiger partial charge in [0, 0.05) is 32.7 Å². The van der Waals surface area contributed by atoms with Gasteiger partial charge in [0.1, 0.15) is 5.75 Å². The van der Waals surface area contributed by atoms with Crippen molar-refractivity contribution < 1.29 is 22.7 Å². The van der Waals surface area contributed by atoms with Gasteiger partial charge >= 0.3 is 5.97 Å². The van der Waals surface area contributed by atoms with Gasteiger partial charge in [-0.1, -0.05) is 0 Å². The Hall–Kier alpha value is -2.71. The Morgan fingerprint density at radius 1 is 1.00 bits per heavy atom. The number of hydrogen-bond donors (Lipinski definition) is 0. The highest BCUT2D eigenvalue weighted by molar-refractivity contribution is 7.89. The van der Waals surface area contributed by atoms with Crippen LogP contribution in [0.1, 0.15) is 40.5 Å². The van der Waals surface area contributed by atoms with E-state index in [0.717, 1.165) is 30.2 Å². The average molecular weight is 416 g/mol. The molecule has 1 heterocycles. The maximum absolute atomic E-state index is 12.9. The molecule has 154 valence electrons. The number of rotatable bonds is 6. The van der Waals surface area contributed by atoms with Crippen LogP contribution in [-0.4, -0.2) is 51.7 Å². The van der Waals surface area contributed by atoms with E-state index in [1.54, 1.807) is 30.3 Å². The van der Waals surface area contributed by atoms with Crippen LogP contribution in [0.4, 0.5) is 5.69 Å². The van der Waals surface area contributed by atoms with Gasteiger partial charge in [0.15, 0.2) is 5.78 Å². The van der Waals surface area contributed by atoms with Crippen LogP contribution >= 0.6 is 0 Å². The van der Waals surface area contributed by atoms with Gasteiger partial charge < -0.3 is 9.64 Å². The second-order valence-corrected chi connectivity index (χ2v) is 9.28. The Labute approximate surface area is 170 Å². The lowest BCUT2D eigenvalue weighted by Crippen LogP contribution is -2.25. The van der Waals surface area contributed by atoms with E-state index < -0.39 is 16.0 Å². The molecule has 1 aliphatic heterocycles. The van der Waals surface area contributed by atoms with Gasteiger partial charge in [0.2, 0.25) is 10.0 Å². The summed E-state index contributed by atoms with van der Waals surface area (Å²) in [6.45, 7) is 3.06. The maximum Gasteiger partial charge on any atom is 0.345 e. The van der Waals surface area contributed by atoms with Crippen molar-refractivity contribution in [1.82, 2.24) is 4.31 Å². The predicted octanol–water partition coefficient (Wildman–Crippen LogP) is 2.96. The Morgan fingerprint density at radius 3 is 2.17 bits per heavy atom. The number of anilines is 1. The minimum Gasteiger partial charge on any atom is -0.423 e. The number of carbonyl (C=O) groups excluding carboxylic acids is 2. The third-order valence-corrected chi connectivity index (χ3v) is 6.70. The summed E-state index contributed by atoms with van der Waals surface area (Å²) in [4.78, 5) is 26.4. The van der Waals surface area contributed by atoms with Crippen LogP contribution in [-0.2, 0) is 10.0 Å². The number of sulfonamides is 1. The van der Waals surface area contributed by atoms with Crippen molar-refractivity contribution in [2.75, 3.05) is 32.1 Å². The zero-order chi connectivity index (χ0) is 21.2. The molecule has 8 heteroatoms. The second kappa shape index (κ2) is 8.34. The van der Waals surface area contributed by atoms with E-state index in [1.807, 2.05) is 0 Å². The number of nitrogens with zero attached hydrogens (tertiary/aromatic N) is 2. The van der Waals surface area contributed by atoms with E-state index in [0.29, 0.717) is 11.3 Å². The van der Waals surface area contributed by atoms with Gasteiger partial charge in [0.05, 0.1) is 16.1 Å². The Bertz CT molecular complexity index is 1020. The molecule has 1 aliphatic rings.